The number of hydroxylamine groups is 2. The van der Waals surface area contributed by atoms with E-state index in [0.29, 0.717) is 0 Å². The first kappa shape index (κ1) is 9.71. The molecular formula is C10H14BN2O. The second-order valence-electron chi connectivity index (χ2n) is 3.31. The molecule has 1 aliphatic heterocycles. The Hall–Kier alpha value is -0.835. The SMILES string of the molecule is [B](ON1CCNCC1)c1ccccc1. The topological polar surface area (TPSA) is 24.5 Å². The van der Waals surface area contributed by atoms with Crippen molar-refractivity contribution in [3.8, 4) is 0 Å². The van der Waals surface area contributed by atoms with E-state index in [9.17, 15) is 0 Å². The Kier molecular flexibility index (Phi) is 3.57. The van der Waals surface area contributed by atoms with Crippen LogP contribution >= 0.6 is 0 Å². The van der Waals surface area contributed by atoms with E-state index in [2.05, 4.69) is 5.32 Å². The summed E-state index contributed by atoms with van der Waals surface area (Å²) in [5.41, 5.74) is 1.10. The molecule has 0 aromatic heterocycles. The van der Waals surface area contributed by atoms with Gasteiger partial charge in [0.05, 0.1) is 0 Å². The molecule has 1 heterocycles. The third-order valence-corrected chi connectivity index (χ3v) is 2.21. The Morgan fingerprint density at radius 3 is 2.57 bits per heavy atom. The number of benzene rings is 1. The molecule has 1 N–H and O–H groups in total. The minimum absolute atomic E-state index is 0.948. The van der Waals surface area contributed by atoms with Crippen LogP contribution in [0.4, 0.5) is 0 Å². The summed E-state index contributed by atoms with van der Waals surface area (Å²) in [5.74, 6) is 0. The van der Waals surface area contributed by atoms with E-state index in [1.54, 1.807) is 7.48 Å². The molecule has 1 aromatic rings. The van der Waals surface area contributed by atoms with E-state index in [4.69, 9.17) is 4.76 Å². The number of piperazine rings is 1. The highest BCUT2D eigenvalue weighted by Crippen LogP contribution is 1.92. The monoisotopic (exact) mass is 189 g/mol. The van der Waals surface area contributed by atoms with Gasteiger partial charge in [0.1, 0.15) is 0 Å². The van der Waals surface area contributed by atoms with Crippen molar-refractivity contribution in [3.63, 3.8) is 0 Å². The largest absolute Gasteiger partial charge is 0.361 e. The van der Waals surface area contributed by atoms with Gasteiger partial charge in [0.15, 0.2) is 0 Å². The summed E-state index contributed by atoms with van der Waals surface area (Å²) >= 11 is 0. The van der Waals surface area contributed by atoms with Crippen molar-refractivity contribution >= 4 is 12.9 Å². The van der Waals surface area contributed by atoms with Gasteiger partial charge in [-0.1, -0.05) is 35.8 Å². The Labute approximate surface area is 85.3 Å². The number of hydrogen-bond donors (Lipinski definition) is 1. The predicted octanol–water partition coefficient (Wildman–Crippen LogP) is -0.232. The molecule has 0 aliphatic carbocycles. The standard InChI is InChI=1S/C10H14BN2O/c1-2-4-10(5-3-1)11-14-13-8-6-12-7-9-13/h1-5,12H,6-9H2. The Morgan fingerprint density at radius 2 is 1.86 bits per heavy atom. The normalized spacial score (nSPS) is 18.0. The van der Waals surface area contributed by atoms with Crippen molar-refractivity contribution in [2.45, 2.75) is 0 Å². The van der Waals surface area contributed by atoms with Crippen LogP contribution in [0.5, 0.6) is 0 Å². The lowest BCUT2D eigenvalue weighted by molar-refractivity contribution is -0.0631. The first-order chi connectivity index (χ1) is 6.95. The van der Waals surface area contributed by atoms with Crippen molar-refractivity contribution < 1.29 is 4.76 Å². The molecule has 1 aliphatic rings. The van der Waals surface area contributed by atoms with Crippen LogP contribution in [0, 0.1) is 0 Å². The predicted molar refractivity (Wildman–Crippen MR) is 57.4 cm³/mol. The number of nitrogens with one attached hydrogen (secondary N) is 1. The Bertz CT molecular complexity index is 262. The fourth-order valence-electron chi connectivity index (χ4n) is 1.42. The quantitative estimate of drug-likeness (QED) is 0.664. The van der Waals surface area contributed by atoms with Crippen molar-refractivity contribution in [2.24, 2.45) is 0 Å². The molecule has 0 unspecified atom stereocenters. The highest BCUT2D eigenvalue weighted by atomic mass is 16.6. The lowest BCUT2D eigenvalue weighted by Gasteiger charge is -2.26. The smallest absolute Gasteiger partial charge is 0.360 e. The lowest BCUT2D eigenvalue weighted by Crippen LogP contribution is -2.45. The van der Waals surface area contributed by atoms with Crippen LogP contribution in [-0.2, 0) is 4.76 Å². The third-order valence-electron chi connectivity index (χ3n) is 2.21. The van der Waals surface area contributed by atoms with Gasteiger partial charge in [-0.15, -0.1) is 0 Å². The highest BCUT2D eigenvalue weighted by molar-refractivity contribution is 6.46. The van der Waals surface area contributed by atoms with Crippen molar-refractivity contribution in [1.29, 1.82) is 0 Å². The summed E-state index contributed by atoms with van der Waals surface area (Å²) in [6.45, 7) is 3.90. The zero-order valence-electron chi connectivity index (χ0n) is 8.15. The summed E-state index contributed by atoms with van der Waals surface area (Å²) < 4.78 is 5.54. The molecule has 0 spiro atoms. The van der Waals surface area contributed by atoms with Crippen LogP contribution in [0.2, 0.25) is 0 Å². The van der Waals surface area contributed by atoms with E-state index in [-0.39, 0.29) is 0 Å². The van der Waals surface area contributed by atoms with Gasteiger partial charge in [-0.2, -0.15) is 0 Å². The second-order valence-corrected chi connectivity index (χ2v) is 3.31. The van der Waals surface area contributed by atoms with Crippen LogP contribution < -0.4 is 10.8 Å². The molecule has 3 nitrogen and oxygen atoms in total. The molecular weight excluding hydrogens is 175 g/mol. The third kappa shape index (κ3) is 2.84. The van der Waals surface area contributed by atoms with Crippen molar-refractivity contribution in [1.82, 2.24) is 10.4 Å². The summed E-state index contributed by atoms with van der Waals surface area (Å²) in [4.78, 5) is 0. The zero-order chi connectivity index (χ0) is 9.64. The summed E-state index contributed by atoms with van der Waals surface area (Å²) in [7, 11) is 1.80. The number of rotatable bonds is 3. The van der Waals surface area contributed by atoms with Crippen LogP contribution in [0.3, 0.4) is 0 Å². The van der Waals surface area contributed by atoms with Crippen molar-refractivity contribution in [3.05, 3.63) is 30.3 Å². The van der Waals surface area contributed by atoms with Gasteiger partial charge in [0.2, 0.25) is 0 Å². The Morgan fingerprint density at radius 1 is 1.14 bits per heavy atom. The molecule has 0 saturated carbocycles. The maximum Gasteiger partial charge on any atom is 0.361 e. The Balaban J connectivity index is 1.76. The highest BCUT2D eigenvalue weighted by Gasteiger charge is 2.10. The lowest BCUT2D eigenvalue weighted by atomic mass is 9.89. The molecule has 0 atom stereocenters. The maximum atomic E-state index is 5.54. The van der Waals surface area contributed by atoms with Gasteiger partial charge in [-0.3, -0.25) is 0 Å². The number of nitrogens with zero attached hydrogens (tertiary/aromatic N) is 1. The molecule has 1 saturated heterocycles. The zero-order valence-corrected chi connectivity index (χ0v) is 8.15. The summed E-state index contributed by atoms with van der Waals surface area (Å²) in [6.07, 6.45) is 0. The van der Waals surface area contributed by atoms with E-state index in [1.807, 2.05) is 35.4 Å². The van der Waals surface area contributed by atoms with E-state index < -0.39 is 0 Å². The van der Waals surface area contributed by atoms with Gasteiger partial charge in [-0.05, 0) is 0 Å². The van der Waals surface area contributed by atoms with E-state index >= 15 is 0 Å². The van der Waals surface area contributed by atoms with Gasteiger partial charge >= 0.3 is 7.48 Å². The molecule has 1 fully saturated rings. The molecule has 4 heteroatoms. The second kappa shape index (κ2) is 5.15. The summed E-state index contributed by atoms with van der Waals surface area (Å²) in [5, 5.41) is 5.25. The molecule has 1 radical (unpaired) electrons. The van der Waals surface area contributed by atoms with Gasteiger partial charge < -0.3 is 10.1 Å². The van der Waals surface area contributed by atoms with Gasteiger partial charge in [0, 0.05) is 26.2 Å². The minimum atomic E-state index is 0.948. The van der Waals surface area contributed by atoms with Gasteiger partial charge in [0.25, 0.3) is 0 Å². The fourth-order valence-corrected chi connectivity index (χ4v) is 1.42. The average molecular weight is 189 g/mol. The van der Waals surface area contributed by atoms with Crippen LogP contribution in [0.15, 0.2) is 30.3 Å². The average Bonchev–Trinajstić information content (AvgIpc) is 2.29. The molecule has 14 heavy (non-hydrogen) atoms. The van der Waals surface area contributed by atoms with E-state index in [0.717, 1.165) is 31.6 Å². The van der Waals surface area contributed by atoms with Crippen molar-refractivity contribution in [2.75, 3.05) is 26.2 Å². The number of hydrogen-bond acceptors (Lipinski definition) is 3. The van der Waals surface area contributed by atoms with Crippen LogP contribution in [-0.4, -0.2) is 38.7 Å². The van der Waals surface area contributed by atoms with Gasteiger partial charge in [-0.25, -0.2) is 5.06 Å². The minimum Gasteiger partial charge on any atom is -0.360 e. The van der Waals surface area contributed by atoms with E-state index in [1.165, 1.54) is 0 Å². The molecule has 1 aromatic carbocycles. The van der Waals surface area contributed by atoms with Crippen LogP contribution in [0.1, 0.15) is 0 Å². The molecule has 73 valence electrons. The van der Waals surface area contributed by atoms with Crippen LogP contribution in [0.25, 0.3) is 0 Å². The summed E-state index contributed by atoms with van der Waals surface area (Å²) in [6, 6.07) is 10.1. The molecule has 0 bridgehead atoms. The maximum absolute atomic E-state index is 5.54. The first-order valence-corrected chi connectivity index (χ1v) is 4.96. The fraction of sp³-hybridized carbons (Fsp3) is 0.400. The first-order valence-electron chi connectivity index (χ1n) is 4.96. The molecule has 2 rings (SSSR count). The molecule has 0 amide bonds.